The third-order valence-corrected chi connectivity index (χ3v) is 15.3. The Hall–Kier alpha value is -5.09. The van der Waals surface area contributed by atoms with Crippen LogP contribution in [-0.2, 0) is 33.3 Å². The van der Waals surface area contributed by atoms with Crippen molar-refractivity contribution in [2.75, 3.05) is 47.5 Å². The number of allylic oxidation sites excluding steroid dienone is 26. The number of hydrogen-bond donors (Lipinski definition) is 1. The minimum atomic E-state index is -1.52. The quantitative estimate of drug-likeness (QED) is 0.0211. The Morgan fingerprint density at radius 1 is 0.330 bits per heavy atom. The van der Waals surface area contributed by atoms with E-state index >= 15 is 0 Å². The summed E-state index contributed by atoms with van der Waals surface area (Å²) in [6.07, 6.45) is 102. The highest BCUT2D eigenvalue weighted by atomic mass is 16.7. The van der Waals surface area contributed by atoms with Gasteiger partial charge in [-0.05, 0) is 122 Å². The molecule has 0 saturated carbocycles. The van der Waals surface area contributed by atoms with Crippen molar-refractivity contribution in [2.24, 2.45) is 0 Å². The molecule has 0 saturated heterocycles. The molecule has 0 amide bonds. The highest BCUT2D eigenvalue weighted by molar-refractivity contribution is 5.71. The third-order valence-electron chi connectivity index (χ3n) is 15.3. The van der Waals surface area contributed by atoms with Crippen molar-refractivity contribution < 1.29 is 42.9 Å². The number of carboxylic acids is 1. The van der Waals surface area contributed by atoms with E-state index in [1.54, 1.807) is 0 Å². The number of esters is 2. The van der Waals surface area contributed by atoms with Crippen LogP contribution in [-0.4, -0.2) is 87.4 Å². The predicted octanol–water partition coefficient (Wildman–Crippen LogP) is 23.2. The average molecular weight is 1260 g/mol. The van der Waals surface area contributed by atoms with Crippen LogP contribution < -0.4 is 0 Å². The molecule has 0 heterocycles. The zero-order valence-corrected chi connectivity index (χ0v) is 58.9. The van der Waals surface area contributed by atoms with Crippen LogP contribution >= 0.6 is 0 Å². The van der Waals surface area contributed by atoms with E-state index in [9.17, 15) is 19.5 Å². The molecule has 2 atom stereocenters. The van der Waals surface area contributed by atoms with Crippen LogP contribution in [0, 0.1) is 0 Å². The largest absolute Gasteiger partial charge is 0.477 e. The van der Waals surface area contributed by atoms with Gasteiger partial charge in [0, 0.05) is 12.8 Å². The molecule has 0 rings (SSSR count). The first-order chi connectivity index (χ1) is 44.6. The van der Waals surface area contributed by atoms with E-state index in [1.165, 1.54) is 128 Å². The fourth-order valence-electron chi connectivity index (χ4n) is 9.76. The van der Waals surface area contributed by atoms with Gasteiger partial charge in [0.05, 0.1) is 34.4 Å². The second-order valence-corrected chi connectivity index (χ2v) is 25.1. The minimum Gasteiger partial charge on any atom is -0.477 e. The molecule has 0 aliphatic carbocycles. The van der Waals surface area contributed by atoms with Crippen molar-refractivity contribution in [3.8, 4) is 0 Å². The lowest BCUT2D eigenvalue weighted by Crippen LogP contribution is -2.40. The SMILES string of the molecule is CC/C=C\C/C=C\C/C=C\C/C=C\C/C=C\C/C=C\C/C=C\C/C=C\C/C=C\CCCCCCCCCCCCCCCC(=O)OC(COC(=O)CCCCCCCCCCCCCC/C=C\C/C=C\C/C=C\C/C=C\CC)COC(OCC[N+](C)(C)C)C(=O)O. The van der Waals surface area contributed by atoms with Gasteiger partial charge in [0.2, 0.25) is 0 Å². The molecule has 0 spiro atoms. The standard InChI is InChI=1S/C82H135NO8/c1-6-8-10-12-14-16-18-20-22-24-26-28-30-32-33-34-35-36-37-38-39-40-41-42-43-44-45-46-47-49-51-53-55-57-59-61-63-65-67-69-71-73-80(85)91-78(77-90-82(81(86)87)88-75-74-83(3,4)5)76-89-79(84)72-70-68-66-64-62-60-58-56-54-52-50-48-31-29-27-25-23-21-19-17-15-13-11-9-7-2/h8-11,14-17,20-23,26-29,32-33,35-36,38-39,41-42,44-45,78,82H,6-7,12-13,18-19,24-25,30-31,34,37,40,43,46-77H2,1-5H3/p+1/b10-8-,11-9-,16-14-,17-15-,22-20-,23-21-,28-26-,29-27-,33-32-,36-35-,39-38-,42-41-,45-44-. The fraction of sp³-hybridized carbons (Fsp3) is 0.646. The van der Waals surface area contributed by atoms with E-state index in [4.69, 9.17) is 18.9 Å². The molecule has 2 unspecified atom stereocenters. The molecule has 9 nitrogen and oxygen atoms in total. The number of ether oxygens (including phenoxy) is 4. The lowest BCUT2D eigenvalue weighted by molar-refractivity contribution is -0.870. The van der Waals surface area contributed by atoms with Crippen LogP contribution in [0.15, 0.2) is 158 Å². The van der Waals surface area contributed by atoms with Crippen LogP contribution in [0.4, 0.5) is 0 Å². The third kappa shape index (κ3) is 72.2. The van der Waals surface area contributed by atoms with Gasteiger partial charge in [-0.1, -0.05) is 307 Å². The Morgan fingerprint density at radius 2 is 0.593 bits per heavy atom. The monoisotopic (exact) mass is 1260 g/mol. The number of quaternary nitrogens is 1. The zero-order chi connectivity index (χ0) is 66.1. The number of nitrogens with zero attached hydrogens (tertiary/aromatic N) is 1. The predicted molar refractivity (Wildman–Crippen MR) is 391 cm³/mol. The first-order valence-electron chi connectivity index (χ1n) is 36.6. The average Bonchev–Trinajstić information content (AvgIpc) is 3.53. The van der Waals surface area contributed by atoms with Gasteiger partial charge in [-0.25, -0.2) is 4.79 Å². The maximum atomic E-state index is 13.0. The van der Waals surface area contributed by atoms with Gasteiger partial charge in [-0.15, -0.1) is 0 Å². The summed E-state index contributed by atoms with van der Waals surface area (Å²) in [4.78, 5) is 37.7. The van der Waals surface area contributed by atoms with Gasteiger partial charge in [-0.2, -0.15) is 0 Å². The van der Waals surface area contributed by atoms with Crippen LogP contribution in [0.5, 0.6) is 0 Å². The summed E-state index contributed by atoms with van der Waals surface area (Å²) in [5.41, 5.74) is 0. The van der Waals surface area contributed by atoms with Gasteiger partial charge < -0.3 is 28.5 Å². The smallest absolute Gasteiger partial charge is 0.361 e. The van der Waals surface area contributed by atoms with Crippen LogP contribution in [0.25, 0.3) is 0 Å². The van der Waals surface area contributed by atoms with E-state index in [1.807, 2.05) is 21.1 Å². The molecule has 0 aromatic carbocycles. The number of hydrogen-bond acceptors (Lipinski definition) is 7. The van der Waals surface area contributed by atoms with Crippen molar-refractivity contribution in [3.05, 3.63) is 158 Å². The molecular weight excluding hydrogens is 1130 g/mol. The molecule has 0 bridgehead atoms. The van der Waals surface area contributed by atoms with Crippen molar-refractivity contribution >= 4 is 17.9 Å². The number of carbonyl (C=O) groups is 3. The molecule has 91 heavy (non-hydrogen) atoms. The molecule has 0 aliphatic heterocycles. The number of aliphatic carboxylic acids is 1. The molecule has 1 N–H and O–H groups in total. The van der Waals surface area contributed by atoms with Gasteiger partial charge in [0.25, 0.3) is 6.29 Å². The zero-order valence-electron chi connectivity index (χ0n) is 58.9. The Kier molecular flexibility index (Phi) is 66.8. The van der Waals surface area contributed by atoms with Crippen LogP contribution in [0.1, 0.15) is 284 Å². The van der Waals surface area contributed by atoms with Gasteiger partial charge in [-0.3, -0.25) is 9.59 Å². The Labute approximate surface area is 559 Å². The lowest BCUT2D eigenvalue weighted by atomic mass is 10.0. The summed E-state index contributed by atoms with van der Waals surface area (Å²) in [7, 11) is 5.97. The second kappa shape index (κ2) is 70.8. The summed E-state index contributed by atoms with van der Waals surface area (Å²) >= 11 is 0. The molecule has 0 aromatic rings. The number of carbonyl (C=O) groups excluding carboxylic acids is 2. The lowest BCUT2D eigenvalue weighted by Gasteiger charge is -2.25. The summed E-state index contributed by atoms with van der Waals surface area (Å²) in [6, 6.07) is 0. The van der Waals surface area contributed by atoms with Crippen molar-refractivity contribution in [2.45, 2.75) is 296 Å². The van der Waals surface area contributed by atoms with Crippen LogP contribution in [0.2, 0.25) is 0 Å². The molecule has 9 heteroatoms. The Balaban J connectivity index is 4.11. The number of rotatable bonds is 66. The summed E-state index contributed by atoms with van der Waals surface area (Å²) in [5, 5.41) is 9.76. The van der Waals surface area contributed by atoms with E-state index in [0.717, 1.165) is 122 Å². The number of unbranched alkanes of at least 4 members (excludes halogenated alkanes) is 25. The van der Waals surface area contributed by atoms with E-state index < -0.39 is 24.3 Å². The van der Waals surface area contributed by atoms with Gasteiger partial charge >= 0.3 is 17.9 Å². The second-order valence-electron chi connectivity index (χ2n) is 25.1. The maximum Gasteiger partial charge on any atom is 0.361 e. The maximum absolute atomic E-state index is 13.0. The molecular formula is C82H136NO8+. The molecule has 0 radical (unpaired) electrons. The van der Waals surface area contributed by atoms with E-state index in [0.29, 0.717) is 23.9 Å². The highest BCUT2D eigenvalue weighted by Gasteiger charge is 2.25. The minimum absolute atomic E-state index is 0.181. The number of carboxylic acid groups (broad SMARTS) is 1. The Morgan fingerprint density at radius 3 is 0.879 bits per heavy atom. The molecule has 0 aliphatic rings. The molecule has 0 aromatic heterocycles. The highest BCUT2D eigenvalue weighted by Crippen LogP contribution is 2.17. The Bertz CT molecular complexity index is 2060. The normalized spacial score (nSPS) is 13.6. The van der Waals surface area contributed by atoms with Crippen molar-refractivity contribution in [1.29, 1.82) is 0 Å². The first-order valence-corrected chi connectivity index (χ1v) is 36.6. The molecule has 0 fully saturated rings. The first kappa shape index (κ1) is 85.9. The summed E-state index contributed by atoms with van der Waals surface area (Å²) in [5.74, 6) is -2.01. The van der Waals surface area contributed by atoms with E-state index in [-0.39, 0.29) is 32.2 Å². The summed E-state index contributed by atoms with van der Waals surface area (Å²) in [6.45, 7) is 4.65. The van der Waals surface area contributed by atoms with Crippen molar-refractivity contribution in [1.82, 2.24) is 0 Å². The topological polar surface area (TPSA) is 108 Å². The van der Waals surface area contributed by atoms with E-state index in [2.05, 4.69) is 172 Å². The van der Waals surface area contributed by atoms with Gasteiger partial charge in [0.15, 0.2) is 6.10 Å². The van der Waals surface area contributed by atoms with Crippen molar-refractivity contribution in [3.63, 3.8) is 0 Å². The molecule has 516 valence electrons. The van der Waals surface area contributed by atoms with Gasteiger partial charge in [0.1, 0.15) is 13.2 Å². The number of likely N-dealkylation sites (N-methyl/N-ethyl adjacent to an activating group) is 1. The summed E-state index contributed by atoms with van der Waals surface area (Å²) < 4.78 is 23.0. The van der Waals surface area contributed by atoms with Crippen LogP contribution in [0.3, 0.4) is 0 Å². The fourth-order valence-corrected chi connectivity index (χ4v) is 9.76.